The maximum absolute atomic E-state index is 13.0. The number of nitrogens with one attached hydrogen (secondary N) is 2. The number of alkyl halides is 3. The molecule has 0 spiro atoms. The second-order valence-electron chi connectivity index (χ2n) is 6.44. The minimum absolute atomic E-state index is 0.171. The lowest BCUT2D eigenvalue weighted by Crippen LogP contribution is -2.12. The van der Waals surface area contributed by atoms with Crippen LogP contribution >= 0.6 is 0 Å². The molecule has 0 aliphatic heterocycles. The molecule has 28 heavy (non-hydrogen) atoms. The predicted octanol–water partition coefficient (Wildman–Crippen LogP) is 4.04. The average molecular weight is 387 g/mol. The topological polar surface area (TPSA) is 75.6 Å². The zero-order chi connectivity index (χ0) is 19.9. The maximum Gasteiger partial charge on any atom is 0.449 e. The Morgan fingerprint density at radius 2 is 1.93 bits per heavy atom. The van der Waals surface area contributed by atoms with Crippen molar-refractivity contribution in [1.29, 1.82) is 0 Å². The SMILES string of the molecule is Cn1c(C(F)(F)F)nc2cc(NC(=O)CCc3nc4ccccc4[nH]3)ccc21. The molecule has 0 saturated carbocycles. The monoisotopic (exact) mass is 387 g/mol. The third-order valence-corrected chi connectivity index (χ3v) is 4.45. The Kier molecular flexibility index (Phi) is 4.29. The number of imidazole rings is 2. The number of aromatic nitrogens is 4. The van der Waals surface area contributed by atoms with E-state index in [0.717, 1.165) is 15.6 Å². The standard InChI is InChI=1S/C19H16F3N5O/c1-27-15-7-6-11(10-14(15)26-18(27)19(20,21)22)23-17(28)9-8-16-24-12-4-2-3-5-13(12)25-16/h2-7,10H,8-9H2,1H3,(H,23,28)(H,24,25). The van der Waals surface area contributed by atoms with Gasteiger partial charge in [-0.2, -0.15) is 13.2 Å². The van der Waals surface area contributed by atoms with E-state index in [1.807, 2.05) is 24.3 Å². The van der Waals surface area contributed by atoms with Crippen LogP contribution in [0.25, 0.3) is 22.1 Å². The molecule has 0 aliphatic rings. The van der Waals surface area contributed by atoms with E-state index in [4.69, 9.17) is 0 Å². The van der Waals surface area contributed by atoms with Crippen LogP contribution in [0.5, 0.6) is 0 Å². The third-order valence-electron chi connectivity index (χ3n) is 4.45. The van der Waals surface area contributed by atoms with Gasteiger partial charge in [0.25, 0.3) is 0 Å². The first-order valence-electron chi connectivity index (χ1n) is 8.58. The van der Waals surface area contributed by atoms with Gasteiger partial charge in [-0.15, -0.1) is 0 Å². The summed E-state index contributed by atoms with van der Waals surface area (Å²) in [6.07, 6.45) is -3.93. The number of H-pyrrole nitrogens is 1. The van der Waals surface area contributed by atoms with Crippen LogP contribution in [0.1, 0.15) is 18.1 Å². The van der Waals surface area contributed by atoms with Crippen LogP contribution in [0.3, 0.4) is 0 Å². The third kappa shape index (κ3) is 3.42. The summed E-state index contributed by atoms with van der Waals surface area (Å²) in [5.74, 6) is -0.533. The number of halogens is 3. The van der Waals surface area contributed by atoms with Gasteiger partial charge in [-0.1, -0.05) is 12.1 Å². The minimum Gasteiger partial charge on any atom is -0.342 e. The molecule has 2 aromatic heterocycles. The molecule has 2 N–H and O–H groups in total. The van der Waals surface area contributed by atoms with E-state index in [9.17, 15) is 18.0 Å². The molecular weight excluding hydrogens is 371 g/mol. The van der Waals surface area contributed by atoms with E-state index in [1.54, 1.807) is 6.07 Å². The van der Waals surface area contributed by atoms with Crippen LogP contribution in [0, 0.1) is 0 Å². The molecule has 4 aromatic rings. The van der Waals surface area contributed by atoms with Crippen molar-refractivity contribution in [1.82, 2.24) is 19.5 Å². The number of para-hydroxylation sites is 2. The van der Waals surface area contributed by atoms with Crippen molar-refractivity contribution in [3.63, 3.8) is 0 Å². The summed E-state index contributed by atoms with van der Waals surface area (Å²) in [4.78, 5) is 23.4. The van der Waals surface area contributed by atoms with Gasteiger partial charge in [0.15, 0.2) is 0 Å². The summed E-state index contributed by atoms with van der Waals surface area (Å²) < 4.78 is 39.9. The molecule has 0 aliphatic carbocycles. The van der Waals surface area contributed by atoms with E-state index in [1.165, 1.54) is 19.2 Å². The highest BCUT2D eigenvalue weighted by Crippen LogP contribution is 2.31. The van der Waals surface area contributed by atoms with Crippen molar-refractivity contribution in [3.05, 3.63) is 54.1 Å². The molecule has 0 unspecified atom stereocenters. The van der Waals surface area contributed by atoms with Gasteiger partial charge in [0, 0.05) is 25.6 Å². The molecule has 144 valence electrons. The van der Waals surface area contributed by atoms with E-state index < -0.39 is 12.0 Å². The van der Waals surface area contributed by atoms with Crippen molar-refractivity contribution in [2.24, 2.45) is 7.05 Å². The fraction of sp³-hybridized carbons (Fsp3) is 0.211. The van der Waals surface area contributed by atoms with Gasteiger partial charge >= 0.3 is 6.18 Å². The van der Waals surface area contributed by atoms with Gasteiger partial charge in [0.2, 0.25) is 11.7 Å². The zero-order valence-corrected chi connectivity index (χ0v) is 14.8. The first-order valence-corrected chi connectivity index (χ1v) is 8.58. The Hall–Kier alpha value is -3.36. The van der Waals surface area contributed by atoms with Gasteiger partial charge in [0.1, 0.15) is 5.82 Å². The molecule has 2 aromatic carbocycles. The molecule has 0 saturated heterocycles. The highest BCUT2D eigenvalue weighted by molar-refractivity contribution is 5.93. The first-order chi connectivity index (χ1) is 13.3. The summed E-state index contributed by atoms with van der Waals surface area (Å²) in [7, 11) is 1.31. The fourth-order valence-electron chi connectivity index (χ4n) is 3.11. The number of hydrogen-bond donors (Lipinski definition) is 2. The lowest BCUT2D eigenvalue weighted by Gasteiger charge is -2.06. The average Bonchev–Trinajstić information content (AvgIpc) is 3.20. The number of aryl methyl sites for hydroxylation is 2. The Labute approximate surface area is 157 Å². The van der Waals surface area contributed by atoms with Crippen molar-refractivity contribution < 1.29 is 18.0 Å². The van der Waals surface area contributed by atoms with Gasteiger partial charge in [-0.3, -0.25) is 4.79 Å². The minimum atomic E-state index is -4.54. The molecular formula is C19H16F3N5O. The molecule has 0 radical (unpaired) electrons. The summed E-state index contributed by atoms with van der Waals surface area (Å²) in [5, 5.41) is 2.69. The van der Waals surface area contributed by atoms with Crippen LogP contribution in [-0.2, 0) is 24.4 Å². The number of anilines is 1. The van der Waals surface area contributed by atoms with E-state index in [-0.39, 0.29) is 17.8 Å². The van der Waals surface area contributed by atoms with Gasteiger partial charge in [-0.05, 0) is 30.3 Å². The Balaban J connectivity index is 1.45. The number of amides is 1. The summed E-state index contributed by atoms with van der Waals surface area (Å²) in [6, 6.07) is 12.1. The van der Waals surface area contributed by atoms with E-state index in [0.29, 0.717) is 23.4 Å². The van der Waals surface area contributed by atoms with Gasteiger partial charge in [0.05, 0.1) is 22.1 Å². The number of nitrogens with zero attached hydrogens (tertiary/aromatic N) is 3. The van der Waals surface area contributed by atoms with Crippen LogP contribution in [0.2, 0.25) is 0 Å². The molecule has 4 rings (SSSR count). The number of hydrogen-bond acceptors (Lipinski definition) is 3. The van der Waals surface area contributed by atoms with Gasteiger partial charge in [-0.25, -0.2) is 9.97 Å². The first kappa shape index (κ1) is 18.0. The largest absolute Gasteiger partial charge is 0.449 e. The Morgan fingerprint density at radius 1 is 1.14 bits per heavy atom. The molecule has 0 bridgehead atoms. The van der Waals surface area contributed by atoms with E-state index in [2.05, 4.69) is 20.3 Å². The normalized spacial score (nSPS) is 12.0. The number of rotatable bonds is 4. The maximum atomic E-state index is 13.0. The van der Waals surface area contributed by atoms with Crippen molar-refractivity contribution in [3.8, 4) is 0 Å². The van der Waals surface area contributed by atoms with Crippen molar-refractivity contribution in [2.45, 2.75) is 19.0 Å². The van der Waals surface area contributed by atoms with Crippen LogP contribution in [0.15, 0.2) is 42.5 Å². The summed E-state index contributed by atoms with van der Waals surface area (Å²) in [5.41, 5.74) is 2.64. The molecule has 0 atom stereocenters. The van der Waals surface area contributed by atoms with Crippen molar-refractivity contribution in [2.75, 3.05) is 5.32 Å². The number of carbonyl (C=O) groups is 1. The van der Waals surface area contributed by atoms with Crippen LogP contribution in [0.4, 0.5) is 18.9 Å². The molecule has 6 nitrogen and oxygen atoms in total. The lowest BCUT2D eigenvalue weighted by molar-refractivity contribution is -0.146. The smallest absolute Gasteiger partial charge is 0.342 e. The number of aromatic amines is 1. The molecule has 9 heteroatoms. The van der Waals surface area contributed by atoms with Crippen LogP contribution in [-0.4, -0.2) is 25.4 Å². The number of carbonyl (C=O) groups excluding carboxylic acids is 1. The number of benzene rings is 2. The van der Waals surface area contributed by atoms with E-state index >= 15 is 0 Å². The fourth-order valence-corrected chi connectivity index (χ4v) is 3.11. The summed E-state index contributed by atoms with van der Waals surface area (Å²) in [6.45, 7) is 0. The highest BCUT2D eigenvalue weighted by Gasteiger charge is 2.36. The second-order valence-corrected chi connectivity index (χ2v) is 6.44. The predicted molar refractivity (Wildman–Crippen MR) is 98.8 cm³/mol. The second kappa shape index (κ2) is 6.66. The number of fused-ring (bicyclic) bond motifs is 2. The van der Waals surface area contributed by atoms with Crippen molar-refractivity contribution >= 4 is 33.7 Å². The highest BCUT2D eigenvalue weighted by atomic mass is 19.4. The van der Waals surface area contributed by atoms with Crippen LogP contribution < -0.4 is 5.32 Å². The lowest BCUT2D eigenvalue weighted by atomic mass is 10.2. The quantitative estimate of drug-likeness (QED) is 0.555. The Morgan fingerprint density at radius 3 is 2.68 bits per heavy atom. The summed E-state index contributed by atoms with van der Waals surface area (Å²) >= 11 is 0. The molecule has 2 heterocycles. The zero-order valence-electron chi connectivity index (χ0n) is 14.8. The Bertz CT molecular complexity index is 1140. The molecule has 1 amide bonds. The molecule has 0 fully saturated rings. The van der Waals surface area contributed by atoms with Gasteiger partial charge < -0.3 is 14.9 Å².